The SMILES string of the molecule is CC(=O)OC(C1CC(C)C2C(O1)C(O)C1(N)C3CCC4C(C)(C)C(OC5CN(C(=O)c6ncc[nH]6)CCO5)CCC45CC35CCC21C)C(C)(C)O. The van der Waals surface area contributed by atoms with E-state index in [1.165, 1.54) is 6.92 Å². The van der Waals surface area contributed by atoms with Crippen LogP contribution in [0.5, 0.6) is 0 Å². The van der Waals surface area contributed by atoms with Crippen LogP contribution in [0.25, 0.3) is 0 Å². The number of amides is 1. The number of nitrogens with zero attached hydrogens (tertiary/aromatic N) is 2. The summed E-state index contributed by atoms with van der Waals surface area (Å²) < 4.78 is 25.3. The zero-order chi connectivity index (χ0) is 36.5. The lowest BCUT2D eigenvalue weighted by atomic mass is 9.43. The maximum atomic E-state index is 13.0. The van der Waals surface area contributed by atoms with Crippen LogP contribution >= 0.6 is 0 Å². The number of hydrogen-bond acceptors (Lipinski definition) is 10. The lowest BCUT2D eigenvalue weighted by Gasteiger charge is -2.63. The van der Waals surface area contributed by atoms with Gasteiger partial charge in [0.25, 0.3) is 5.91 Å². The molecule has 3 heterocycles. The van der Waals surface area contributed by atoms with E-state index < -0.39 is 47.8 Å². The van der Waals surface area contributed by atoms with E-state index in [1.54, 1.807) is 31.1 Å². The van der Waals surface area contributed by atoms with Crippen LogP contribution in [0.2, 0.25) is 0 Å². The fraction of sp³-hybridized carbons (Fsp3) is 0.872. The largest absolute Gasteiger partial charge is 0.457 e. The number of morpholine rings is 1. The molecule has 2 saturated heterocycles. The van der Waals surface area contributed by atoms with Gasteiger partial charge >= 0.3 is 5.97 Å². The summed E-state index contributed by atoms with van der Waals surface area (Å²) in [6.07, 6.45) is 7.79. The second-order valence-corrected chi connectivity index (χ2v) is 19.0. The first-order chi connectivity index (χ1) is 23.9. The Kier molecular flexibility index (Phi) is 8.24. The third kappa shape index (κ3) is 4.94. The van der Waals surface area contributed by atoms with Gasteiger partial charge in [-0.3, -0.25) is 9.59 Å². The van der Waals surface area contributed by atoms with E-state index in [9.17, 15) is 19.8 Å². The molecular formula is C39H60N4O8. The van der Waals surface area contributed by atoms with Gasteiger partial charge < -0.3 is 44.8 Å². The molecule has 14 atom stereocenters. The Morgan fingerprint density at radius 3 is 2.55 bits per heavy atom. The first-order valence-corrected chi connectivity index (χ1v) is 19.5. The Labute approximate surface area is 301 Å². The van der Waals surface area contributed by atoms with Gasteiger partial charge in [-0.15, -0.1) is 0 Å². The van der Waals surface area contributed by atoms with Crippen LogP contribution in [-0.2, 0) is 23.7 Å². The van der Waals surface area contributed by atoms with Crippen LogP contribution in [-0.4, -0.2) is 105 Å². The standard InChI is InChI=1S/C39H60N4O8/c1-21-18-23(31(35(5,6)47)49-22(2)44)50-29-28(21)36(7)12-13-38-20-37(38)11-10-26(34(3,4)24(37)8-9-25(38)39(36,40)30(29)45)51-27-19-43(16-17-48-27)33(46)32-41-14-15-42-32/h14-15,21,23-31,45,47H,8-13,16-20,40H2,1-7H3,(H,41,42). The second kappa shape index (κ2) is 11.7. The quantitative estimate of drug-likeness (QED) is 0.319. The van der Waals surface area contributed by atoms with E-state index in [2.05, 4.69) is 37.7 Å². The lowest BCUT2D eigenvalue weighted by molar-refractivity contribution is -0.242. The molecule has 1 aromatic heterocycles. The summed E-state index contributed by atoms with van der Waals surface area (Å²) in [7, 11) is 0. The highest BCUT2D eigenvalue weighted by atomic mass is 16.7. The molecule has 5 saturated carbocycles. The molecule has 1 amide bonds. The molecule has 5 aliphatic carbocycles. The van der Waals surface area contributed by atoms with Crippen molar-refractivity contribution in [2.75, 3.05) is 19.7 Å². The van der Waals surface area contributed by atoms with Crippen LogP contribution < -0.4 is 5.73 Å². The molecule has 284 valence electrons. The molecule has 12 nitrogen and oxygen atoms in total. The van der Waals surface area contributed by atoms with Crippen molar-refractivity contribution in [1.29, 1.82) is 0 Å². The summed E-state index contributed by atoms with van der Waals surface area (Å²) in [5, 5.41) is 23.5. The first kappa shape index (κ1) is 35.9. The van der Waals surface area contributed by atoms with E-state index in [0.29, 0.717) is 37.9 Å². The average molecular weight is 713 g/mol. The monoisotopic (exact) mass is 712 g/mol. The average Bonchev–Trinajstić information content (AvgIpc) is 3.32. The summed E-state index contributed by atoms with van der Waals surface area (Å²) in [6, 6.07) is 0. The summed E-state index contributed by atoms with van der Waals surface area (Å²) in [6.45, 7) is 15.2. The molecule has 51 heavy (non-hydrogen) atoms. The third-order valence-electron chi connectivity index (χ3n) is 15.9. The smallest absolute Gasteiger partial charge is 0.303 e. The molecule has 0 radical (unpaired) electrons. The zero-order valence-corrected chi connectivity index (χ0v) is 31.5. The topological polar surface area (TPSA) is 169 Å². The van der Waals surface area contributed by atoms with Gasteiger partial charge in [0.1, 0.15) is 0 Å². The summed E-state index contributed by atoms with van der Waals surface area (Å²) in [5.74, 6) is 0.587. The second-order valence-electron chi connectivity index (χ2n) is 19.0. The number of nitrogens with two attached hydrogens (primary N) is 1. The Bertz CT molecular complexity index is 1530. The molecule has 14 unspecified atom stereocenters. The van der Waals surface area contributed by atoms with Crippen LogP contribution in [0.15, 0.2) is 12.4 Å². The minimum atomic E-state index is -1.30. The maximum Gasteiger partial charge on any atom is 0.303 e. The number of H-pyrrole nitrogens is 1. The van der Waals surface area contributed by atoms with Gasteiger partial charge in [-0.1, -0.05) is 27.7 Å². The van der Waals surface area contributed by atoms with Gasteiger partial charge in [-0.25, -0.2) is 4.98 Å². The molecule has 8 rings (SSSR count). The van der Waals surface area contributed by atoms with Gasteiger partial charge in [0.2, 0.25) is 0 Å². The summed E-state index contributed by atoms with van der Waals surface area (Å²) >= 11 is 0. The van der Waals surface area contributed by atoms with Crippen molar-refractivity contribution in [2.24, 2.45) is 51.1 Å². The minimum Gasteiger partial charge on any atom is -0.457 e. The van der Waals surface area contributed by atoms with E-state index in [0.717, 1.165) is 44.9 Å². The molecule has 7 fully saturated rings. The van der Waals surface area contributed by atoms with Crippen LogP contribution in [0.4, 0.5) is 0 Å². The minimum absolute atomic E-state index is 0.00116. The van der Waals surface area contributed by atoms with E-state index >= 15 is 0 Å². The van der Waals surface area contributed by atoms with Crippen molar-refractivity contribution in [1.82, 2.24) is 14.9 Å². The van der Waals surface area contributed by atoms with Crippen molar-refractivity contribution in [3.05, 3.63) is 18.2 Å². The van der Waals surface area contributed by atoms with Gasteiger partial charge in [0.05, 0.1) is 48.7 Å². The van der Waals surface area contributed by atoms with E-state index in [1.807, 2.05) is 0 Å². The Morgan fingerprint density at radius 1 is 1.14 bits per heavy atom. The molecule has 2 spiro atoms. The molecule has 7 aliphatic rings. The number of imidazole rings is 1. The van der Waals surface area contributed by atoms with Crippen molar-refractivity contribution >= 4 is 11.9 Å². The third-order valence-corrected chi connectivity index (χ3v) is 15.9. The van der Waals surface area contributed by atoms with Crippen molar-refractivity contribution < 1.29 is 38.7 Å². The van der Waals surface area contributed by atoms with E-state index in [4.69, 9.17) is 24.7 Å². The zero-order valence-electron chi connectivity index (χ0n) is 31.5. The summed E-state index contributed by atoms with van der Waals surface area (Å²) in [4.78, 5) is 34.0. The number of carbonyl (C=O) groups excluding carboxylic acids is 2. The number of aromatic amines is 1. The number of aliphatic hydroxyl groups is 2. The van der Waals surface area contributed by atoms with Crippen LogP contribution in [0.1, 0.15) is 110 Å². The van der Waals surface area contributed by atoms with Gasteiger partial charge in [-0.05, 0) is 111 Å². The summed E-state index contributed by atoms with van der Waals surface area (Å²) in [5.41, 5.74) is 5.47. The van der Waals surface area contributed by atoms with Gasteiger partial charge in [0.15, 0.2) is 18.2 Å². The Hall–Kier alpha value is -2.09. The van der Waals surface area contributed by atoms with Gasteiger partial charge in [0, 0.05) is 25.9 Å². The Balaban J connectivity index is 1.01. The number of fused-ring (bicyclic) bond motifs is 4. The highest BCUT2D eigenvalue weighted by Crippen LogP contribution is 2.87. The van der Waals surface area contributed by atoms with Crippen LogP contribution in [0.3, 0.4) is 0 Å². The fourth-order valence-electron chi connectivity index (χ4n) is 13.8. The molecule has 5 N–H and O–H groups in total. The first-order valence-electron chi connectivity index (χ1n) is 19.5. The molecule has 12 heteroatoms. The predicted octanol–water partition coefficient (Wildman–Crippen LogP) is 3.80. The predicted molar refractivity (Wildman–Crippen MR) is 186 cm³/mol. The van der Waals surface area contributed by atoms with Crippen molar-refractivity contribution in [3.8, 4) is 0 Å². The maximum absolute atomic E-state index is 13.0. The highest BCUT2D eigenvalue weighted by molar-refractivity contribution is 5.90. The van der Waals surface area contributed by atoms with Gasteiger partial charge in [-0.2, -0.15) is 0 Å². The number of carbonyl (C=O) groups is 2. The number of rotatable bonds is 6. The molecular weight excluding hydrogens is 652 g/mol. The number of nitrogens with one attached hydrogen (secondary N) is 1. The Morgan fingerprint density at radius 2 is 1.86 bits per heavy atom. The number of hydrogen-bond donors (Lipinski definition) is 4. The number of aliphatic hydroxyl groups excluding tert-OH is 1. The molecule has 1 aromatic rings. The highest BCUT2D eigenvalue weighted by Gasteiger charge is 2.85. The molecule has 2 aliphatic heterocycles. The lowest BCUT2D eigenvalue weighted by Crippen LogP contribution is -2.70. The molecule has 0 aromatic carbocycles. The number of ether oxygens (including phenoxy) is 4. The van der Waals surface area contributed by atoms with Crippen molar-refractivity contribution in [3.63, 3.8) is 0 Å². The van der Waals surface area contributed by atoms with Crippen LogP contribution in [0, 0.1) is 45.3 Å². The fourth-order valence-corrected chi connectivity index (χ4v) is 13.8. The van der Waals surface area contributed by atoms with E-state index in [-0.39, 0.29) is 51.4 Å². The number of esters is 1. The number of aromatic nitrogens is 2. The normalized spacial score (nSPS) is 47.6. The van der Waals surface area contributed by atoms with Crippen molar-refractivity contribution in [2.45, 2.75) is 148 Å². The molecule has 0 bridgehead atoms.